The molecule has 1 fully saturated rings. The van der Waals surface area contributed by atoms with E-state index in [0.717, 1.165) is 48.3 Å². The number of rotatable bonds is 3. The quantitative estimate of drug-likeness (QED) is 0.925. The molecule has 2 N–H and O–H groups in total. The molecule has 1 unspecified atom stereocenters. The van der Waals surface area contributed by atoms with Gasteiger partial charge in [-0.2, -0.15) is 9.61 Å². The Labute approximate surface area is 116 Å². The Bertz CT molecular complexity index is 570. The van der Waals surface area contributed by atoms with Crippen LogP contribution in [0.5, 0.6) is 0 Å². The lowest BCUT2D eigenvalue weighted by molar-refractivity contribution is 0.0831. The van der Waals surface area contributed by atoms with Crippen LogP contribution in [0.3, 0.4) is 0 Å². The Hall–Kier alpha value is -1.05. The van der Waals surface area contributed by atoms with Crippen molar-refractivity contribution in [2.75, 3.05) is 13.2 Å². The second-order valence-corrected chi connectivity index (χ2v) is 6.27. The van der Waals surface area contributed by atoms with E-state index in [1.54, 1.807) is 0 Å². The number of ether oxygens (including phenoxy) is 1. The van der Waals surface area contributed by atoms with E-state index in [1.807, 2.05) is 11.4 Å². The topological polar surface area (TPSA) is 78.3 Å². The van der Waals surface area contributed by atoms with E-state index in [-0.39, 0.29) is 0 Å². The van der Waals surface area contributed by atoms with Gasteiger partial charge in [0, 0.05) is 19.1 Å². The molecule has 2 aromatic heterocycles. The highest BCUT2D eigenvalue weighted by Crippen LogP contribution is 2.30. The largest absolute Gasteiger partial charge is 0.381 e. The predicted molar refractivity (Wildman–Crippen MR) is 73.3 cm³/mol. The van der Waals surface area contributed by atoms with Gasteiger partial charge in [0.25, 0.3) is 0 Å². The molecule has 19 heavy (non-hydrogen) atoms. The van der Waals surface area contributed by atoms with Gasteiger partial charge in [0.2, 0.25) is 4.96 Å². The molecule has 0 spiro atoms. The molecule has 0 amide bonds. The van der Waals surface area contributed by atoms with Crippen LogP contribution in [-0.2, 0) is 10.3 Å². The van der Waals surface area contributed by atoms with Crippen LogP contribution >= 0.6 is 11.3 Å². The maximum absolute atomic E-state index is 6.26. The van der Waals surface area contributed by atoms with Crippen LogP contribution in [0.1, 0.15) is 49.9 Å². The average molecular weight is 281 g/mol. The Kier molecular flexibility index (Phi) is 3.28. The van der Waals surface area contributed by atoms with E-state index in [9.17, 15) is 0 Å². The van der Waals surface area contributed by atoms with E-state index in [1.165, 1.54) is 11.3 Å². The molecular formula is C12H19N5OS. The maximum atomic E-state index is 6.26. The van der Waals surface area contributed by atoms with Crippen LogP contribution in [0.2, 0.25) is 0 Å². The van der Waals surface area contributed by atoms with E-state index >= 15 is 0 Å². The molecule has 0 bridgehead atoms. The predicted octanol–water partition coefficient (Wildman–Crippen LogP) is 1.66. The van der Waals surface area contributed by atoms with Gasteiger partial charge in [-0.15, -0.1) is 10.2 Å². The van der Waals surface area contributed by atoms with Crippen molar-refractivity contribution in [2.24, 2.45) is 5.73 Å². The van der Waals surface area contributed by atoms with E-state index in [4.69, 9.17) is 10.5 Å². The van der Waals surface area contributed by atoms with Gasteiger partial charge in [-0.25, -0.2) is 0 Å². The smallest absolute Gasteiger partial charge is 0.234 e. The van der Waals surface area contributed by atoms with Gasteiger partial charge < -0.3 is 10.5 Å². The van der Waals surface area contributed by atoms with Gasteiger partial charge in [-0.3, -0.25) is 0 Å². The number of fused-ring (bicyclic) bond motifs is 1. The summed E-state index contributed by atoms with van der Waals surface area (Å²) in [5.41, 5.74) is 5.86. The van der Waals surface area contributed by atoms with Crippen molar-refractivity contribution in [2.45, 2.75) is 44.6 Å². The Balaban J connectivity index is 1.98. The lowest BCUT2D eigenvalue weighted by Crippen LogP contribution is -2.32. The molecular weight excluding hydrogens is 262 g/mol. The fourth-order valence-corrected chi connectivity index (χ4v) is 3.20. The third-order valence-corrected chi connectivity index (χ3v) is 5.00. The zero-order valence-electron chi connectivity index (χ0n) is 11.3. The van der Waals surface area contributed by atoms with Gasteiger partial charge in [0.15, 0.2) is 5.82 Å². The van der Waals surface area contributed by atoms with Crippen molar-refractivity contribution in [3.05, 3.63) is 10.8 Å². The molecule has 2 aromatic rings. The van der Waals surface area contributed by atoms with Gasteiger partial charge in [0.05, 0.1) is 5.54 Å². The molecule has 1 aliphatic rings. The lowest BCUT2D eigenvalue weighted by atomic mass is 10.00. The molecule has 1 saturated heterocycles. The van der Waals surface area contributed by atoms with Crippen LogP contribution in [0.4, 0.5) is 0 Å². The second kappa shape index (κ2) is 4.81. The summed E-state index contributed by atoms with van der Waals surface area (Å²) in [7, 11) is 0. The molecule has 3 heterocycles. The molecule has 104 valence electrons. The Morgan fingerprint density at radius 1 is 1.42 bits per heavy atom. The molecule has 6 nitrogen and oxygen atoms in total. The van der Waals surface area contributed by atoms with Gasteiger partial charge in [-0.05, 0) is 26.2 Å². The number of nitrogens with two attached hydrogens (primary N) is 1. The fraction of sp³-hybridized carbons (Fsp3) is 0.750. The summed E-state index contributed by atoms with van der Waals surface area (Å²) in [6.45, 7) is 5.66. The number of hydrogen-bond donors (Lipinski definition) is 1. The monoisotopic (exact) mass is 281 g/mol. The van der Waals surface area contributed by atoms with Crippen LogP contribution in [0.15, 0.2) is 0 Å². The molecule has 0 saturated carbocycles. The van der Waals surface area contributed by atoms with Crippen LogP contribution in [0, 0.1) is 0 Å². The van der Waals surface area contributed by atoms with E-state index < -0.39 is 5.54 Å². The number of aromatic nitrogens is 4. The first kappa shape index (κ1) is 13.0. The molecule has 1 atom stereocenters. The zero-order chi connectivity index (χ0) is 13.5. The highest BCUT2D eigenvalue weighted by atomic mass is 32.1. The third kappa shape index (κ3) is 2.26. The lowest BCUT2D eigenvalue weighted by Gasteiger charge is -2.20. The summed E-state index contributed by atoms with van der Waals surface area (Å²) in [4.78, 5) is 0.835. The highest BCUT2D eigenvalue weighted by molar-refractivity contribution is 7.16. The summed E-state index contributed by atoms with van der Waals surface area (Å²) in [5.74, 6) is 1.34. The average Bonchev–Trinajstić information content (AvgIpc) is 2.99. The Morgan fingerprint density at radius 2 is 2.16 bits per heavy atom. The Morgan fingerprint density at radius 3 is 2.84 bits per heavy atom. The van der Waals surface area contributed by atoms with Gasteiger partial charge in [-0.1, -0.05) is 18.3 Å². The fourth-order valence-electron chi connectivity index (χ4n) is 2.22. The molecule has 0 aliphatic carbocycles. The van der Waals surface area contributed by atoms with E-state index in [0.29, 0.717) is 5.92 Å². The normalized spacial score (nSPS) is 20.8. The first-order chi connectivity index (χ1) is 9.12. The van der Waals surface area contributed by atoms with Crippen molar-refractivity contribution in [1.82, 2.24) is 19.8 Å². The number of hydrogen-bond acceptors (Lipinski definition) is 6. The van der Waals surface area contributed by atoms with Crippen molar-refractivity contribution < 1.29 is 4.74 Å². The maximum Gasteiger partial charge on any atom is 0.234 e. The first-order valence-corrected chi connectivity index (χ1v) is 7.52. The molecule has 3 rings (SSSR count). The van der Waals surface area contributed by atoms with Crippen molar-refractivity contribution in [3.8, 4) is 0 Å². The minimum Gasteiger partial charge on any atom is -0.381 e. The number of nitrogens with zero attached hydrogens (tertiary/aromatic N) is 4. The van der Waals surface area contributed by atoms with Crippen LogP contribution in [-0.4, -0.2) is 33.0 Å². The second-order valence-electron chi connectivity index (χ2n) is 5.32. The van der Waals surface area contributed by atoms with Crippen LogP contribution < -0.4 is 5.73 Å². The van der Waals surface area contributed by atoms with Gasteiger partial charge >= 0.3 is 0 Å². The SMILES string of the molecule is CCC(C)(N)c1nn2c(C3CCOCC3)nnc2s1. The summed E-state index contributed by atoms with van der Waals surface area (Å²) < 4.78 is 7.26. The molecule has 1 aliphatic heterocycles. The molecule has 7 heteroatoms. The zero-order valence-corrected chi connectivity index (χ0v) is 12.1. The third-order valence-electron chi connectivity index (χ3n) is 3.82. The van der Waals surface area contributed by atoms with Gasteiger partial charge in [0.1, 0.15) is 5.01 Å². The van der Waals surface area contributed by atoms with Crippen LogP contribution in [0.25, 0.3) is 4.96 Å². The standard InChI is InChI=1S/C12H19N5OS/c1-3-12(2,13)10-16-17-9(14-15-11(17)19-10)8-4-6-18-7-5-8/h8H,3-7,13H2,1-2H3. The van der Waals surface area contributed by atoms with Crippen molar-refractivity contribution in [1.29, 1.82) is 0 Å². The van der Waals surface area contributed by atoms with E-state index in [2.05, 4.69) is 22.2 Å². The minimum atomic E-state index is -0.391. The summed E-state index contributed by atoms with van der Waals surface area (Å²) in [5, 5.41) is 14.1. The van der Waals surface area contributed by atoms with Crippen molar-refractivity contribution >= 4 is 16.3 Å². The summed E-state index contributed by atoms with van der Waals surface area (Å²) in [6.07, 6.45) is 2.83. The molecule has 0 aromatic carbocycles. The first-order valence-electron chi connectivity index (χ1n) is 6.71. The summed E-state index contributed by atoms with van der Waals surface area (Å²) >= 11 is 1.54. The minimum absolute atomic E-state index is 0.391. The summed E-state index contributed by atoms with van der Waals surface area (Å²) in [6, 6.07) is 0. The molecule has 0 radical (unpaired) electrons. The van der Waals surface area contributed by atoms with Crippen molar-refractivity contribution in [3.63, 3.8) is 0 Å². The highest BCUT2D eigenvalue weighted by Gasteiger charge is 2.27.